The maximum atomic E-state index is 6.16. The molecule has 0 spiro atoms. The van der Waals surface area contributed by atoms with Gasteiger partial charge >= 0.3 is 0 Å². The van der Waals surface area contributed by atoms with Crippen molar-refractivity contribution in [3.8, 4) is 0 Å². The highest BCUT2D eigenvalue weighted by Crippen LogP contribution is 2.24. The van der Waals surface area contributed by atoms with Gasteiger partial charge in [0.25, 0.3) is 0 Å². The predicted octanol–water partition coefficient (Wildman–Crippen LogP) is 3.04. The molecule has 0 saturated carbocycles. The summed E-state index contributed by atoms with van der Waals surface area (Å²) in [6.07, 6.45) is 17.8. The van der Waals surface area contributed by atoms with Gasteiger partial charge < -0.3 is 5.73 Å². The van der Waals surface area contributed by atoms with Crippen molar-refractivity contribution in [3.63, 3.8) is 0 Å². The minimum absolute atomic E-state index is 0.0103. The topological polar surface area (TPSA) is 51.3 Å². The number of aromatic nitrogens is 1. The van der Waals surface area contributed by atoms with Gasteiger partial charge in [-0.3, -0.25) is 9.98 Å². The molecule has 1 aromatic heterocycles. The molecular weight excluding hydrogens is 246 g/mol. The first-order valence-electron chi connectivity index (χ1n) is 6.82. The molecule has 0 bridgehead atoms. The van der Waals surface area contributed by atoms with Crippen molar-refractivity contribution >= 4 is 11.4 Å². The van der Waals surface area contributed by atoms with Crippen molar-refractivity contribution in [1.82, 2.24) is 4.98 Å². The molecule has 0 amide bonds. The standard InChI is InChI=1S/C17H17N3/c18-15-11-16(13-5-3-1-2-4-6-13)20-17(12-15)14-7-9-19-10-8-14/h1-3,5-10,12,15H,4,11,18H2. The lowest BCUT2D eigenvalue weighted by Crippen LogP contribution is -2.25. The number of rotatable bonds is 2. The number of allylic oxidation sites excluding steroid dienone is 6. The second kappa shape index (κ2) is 5.80. The molecule has 3 nitrogen and oxygen atoms in total. The average Bonchev–Trinajstić information content (AvgIpc) is 2.77. The monoisotopic (exact) mass is 263 g/mol. The van der Waals surface area contributed by atoms with Crippen LogP contribution in [0.4, 0.5) is 0 Å². The van der Waals surface area contributed by atoms with Gasteiger partial charge in [0.15, 0.2) is 0 Å². The van der Waals surface area contributed by atoms with Crippen molar-refractivity contribution in [2.24, 2.45) is 10.7 Å². The Morgan fingerprint density at radius 1 is 1.15 bits per heavy atom. The minimum Gasteiger partial charge on any atom is -0.324 e. The van der Waals surface area contributed by atoms with E-state index in [1.165, 1.54) is 5.57 Å². The van der Waals surface area contributed by atoms with Crippen LogP contribution in [-0.2, 0) is 0 Å². The van der Waals surface area contributed by atoms with Gasteiger partial charge in [-0.1, -0.05) is 30.4 Å². The average molecular weight is 263 g/mol. The van der Waals surface area contributed by atoms with E-state index in [2.05, 4.69) is 35.4 Å². The van der Waals surface area contributed by atoms with Gasteiger partial charge in [0, 0.05) is 36.1 Å². The zero-order chi connectivity index (χ0) is 13.8. The Kier molecular flexibility index (Phi) is 3.70. The highest BCUT2D eigenvalue weighted by molar-refractivity contribution is 6.06. The van der Waals surface area contributed by atoms with E-state index in [0.29, 0.717) is 0 Å². The maximum Gasteiger partial charge on any atom is 0.0682 e. The van der Waals surface area contributed by atoms with Crippen LogP contribution < -0.4 is 5.73 Å². The van der Waals surface area contributed by atoms with E-state index in [0.717, 1.165) is 29.8 Å². The molecule has 3 rings (SSSR count). The first-order chi connectivity index (χ1) is 9.83. The molecule has 0 fully saturated rings. The van der Waals surface area contributed by atoms with Crippen LogP contribution in [0.15, 0.2) is 71.5 Å². The van der Waals surface area contributed by atoms with Gasteiger partial charge in [0.05, 0.1) is 5.70 Å². The van der Waals surface area contributed by atoms with Gasteiger partial charge in [-0.2, -0.15) is 0 Å². The number of hydrogen-bond donors (Lipinski definition) is 1. The summed E-state index contributed by atoms with van der Waals surface area (Å²) in [4.78, 5) is 8.83. The summed E-state index contributed by atoms with van der Waals surface area (Å²) < 4.78 is 0. The molecule has 1 unspecified atom stereocenters. The SMILES string of the molecule is NC1C=C(c2ccncc2)N=C(C2=CCC=CC=C2)C1. The molecule has 20 heavy (non-hydrogen) atoms. The van der Waals surface area contributed by atoms with Gasteiger partial charge in [-0.15, -0.1) is 0 Å². The molecule has 1 aliphatic carbocycles. The fraction of sp³-hybridized carbons (Fsp3) is 0.176. The van der Waals surface area contributed by atoms with Crippen LogP contribution in [0.3, 0.4) is 0 Å². The minimum atomic E-state index is 0.0103. The molecule has 2 heterocycles. The third-order valence-corrected chi connectivity index (χ3v) is 3.36. The summed E-state index contributed by atoms with van der Waals surface area (Å²) in [5.74, 6) is 0. The normalized spacial score (nSPS) is 21.9. The third-order valence-electron chi connectivity index (χ3n) is 3.36. The van der Waals surface area contributed by atoms with Crippen LogP contribution >= 0.6 is 0 Å². The summed E-state index contributed by atoms with van der Waals surface area (Å²) in [7, 11) is 0. The molecular formula is C17H17N3. The Hall–Kier alpha value is -2.26. The quantitative estimate of drug-likeness (QED) is 0.891. The van der Waals surface area contributed by atoms with Gasteiger partial charge in [0.1, 0.15) is 0 Å². The van der Waals surface area contributed by atoms with E-state index in [4.69, 9.17) is 10.7 Å². The fourth-order valence-electron chi connectivity index (χ4n) is 2.37. The Morgan fingerprint density at radius 2 is 2.00 bits per heavy atom. The van der Waals surface area contributed by atoms with Crippen molar-refractivity contribution in [3.05, 3.63) is 72.1 Å². The molecule has 1 aromatic rings. The molecule has 0 saturated heterocycles. The van der Waals surface area contributed by atoms with Crippen LogP contribution in [0.2, 0.25) is 0 Å². The highest BCUT2D eigenvalue weighted by atomic mass is 14.8. The molecule has 0 aromatic carbocycles. The van der Waals surface area contributed by atoms with E-state index >= 15 is 0 Å². The number of nitrogens with zero attached hydrogens (tertiary/aromatic N) is 2. The Balaban J connectivity index is 1.95. The number of hydrogen-bond acceptors (Lipinski definition) is 3. The molecule has 0 radical (unpaired) electrons. The zero-order valence-corrected chi connectivity index (χ0v) is 11.2. The van der Waals surface area contributed by atoms with E-state index in [1.54, 1.807) is 12.4 Å². The molecule has 3 heteroatoms. The summed E-state index contributed by atoms with van der Waals surface area (Å²) in [6, 6.07) is 3.93. The maximum absolute atomic E-state index is 6.16. The van der Waals surface area contributed by atoms with E-state index in [1.807, 2.05) is 18.2 Å². The van der Waals surface area contributed by atoms with Crippen molar-refractivity contribution in [2.45, 2.75) is 18.9 Å². The Labute approximate surface area is 118 Å². The van der Waals surface area contributed by atoms with Crippen LogP contribution in [0.1, 0.15) is 18.4 Å². The van der Waals surface area contributed by atoms with Gasteiger partial charge in [0.2, 0.25) is 0 Å². The number of pyridine rings is 1. The van der Waals surface area contributed by atoms with Crippen molar-refractivity contribution in [1.29, 1.82) is 0 Å². The molecule has 2 aliphatic rings. The molecule has 1 aliphatic heterocycles. The van der Waals surface area contributed by atoms with Crippen LogP contribution in [0.25, 0.3) is 5.70 Å². The molecule has 100 valence electrons. The van der Waals surface area contributed by atoms with Crippen molar-refractivity contribution < 1.29 is 0 Å². The zero-order valence-electron chi connectivity index (χ0n) is 11.2. The molecule has 2 N–H and O–H groups in total. The Bertz CT molecular complexity index is 633. The van der Waals surface area contributed by atoms with Crippen molar-refractivity contribution in [2.75, 3.05) is 0 Å². The third kappa shape index (κ3) is 2.83. The summed E-state index contributed by atoms with van der Waals surface area (Å²) in [5, 5.41) is 0. The molecule has 1 atom stereocenters. The van der Waals surface area contributed by atoms with E-state index < -0.39 is 0 Å². The lowest BCUT2D eigenvalue weighted by Gasteiger charge is -2.18. The number of nitrogens with two attached hydrogens (primary N) is 1. The first-order valence-corrected chi connectivity index (χ1v) is 6.82. The lowest BCUT2D eigenvalue weighted by atomic mass is 9.97. The Morgan fingerprint density at radius 3 is 2.85 bits per heavy atom. The van der Waals surface area contributed by atoms with E-state index in [9.17, 15) is 0 Å². The van der Waals surface area contributed by atoms with Gasteiger partial charge in [-0.05, 0) is 30.2 Å². The second-order valence-corrected chi connectivity index (χ2v) is 4.90. The first kappa shape index (κ1) is 12.8. The smallest absolute Gasteiger partial charge is 0.0682 e. The highest BCUT2D eigenvalue weighted by Gasteiger charge is 2.16. The summed E-state index contributed by atoms with van der Waals surface area (Å²) >= 11 is 0. The predicted molar refractivity (Wildman–Crippen MR) is 83.2 cm³/mol. The summed E-state index contributed by atoms with van der Waals surface area (Å²) in [6.45, 7) is 0. The van der Waals surface area contributed by atoms with Crippen LogP contribution in [0.5, 0.6) is 0 Å². The van der Waals surface area contributed by atoms with Crippen LogP contribution in [0, 0.1) is 0 Å². The summed E-state index contributed by atoms with van der Waals surface area (Å²) in [5.41, 5.74) is 10.4. The lowest BCUT2D eigenvalue weighted by molar-refractivity contribution is 0.849. The van der Waals surface area contributed by atoms with Crippen LogP contribution in [-0.4, -0.2) is 16.7 Å². The number of aliphatic imine (C=N–C) groups is 1. The van der Waals surface area contributed by atoms with E-state index in [-0.39, 0.29) is 6.04 Å². The fourth-order valence-corrected chi connectivity index (χ4v) is 2.37. The largest absolute Gasteiger partial charge is 0.324 e. The van der Waals surface area contributed by atoms with Gasteiger partial charge in [-0.25, -0.2) is 0 Å². The second-order valence-electron chi connectivity index (χ2n) is 4.90.